The quantitative estimate of drug-likeness (QED) is 0.888. The first kappa shape index (κ1) is 14.7. The maximum Gasteiger partial charge on any atom is 0.00255 e. The third-order valence-electron chi connectivity index (χ3n) is 6.32. The summed E-state index contributed by atoms with van der Waals surface area (Å²) in [5.41, 5.74) is 1.97. The Morgan fingerprint density at radius 1 is 0.955 bits per heavy atom. The minimum absolute atomic E-state index is 0.405. The van der Waals surface area contributed by atoms with Crippen molar-refractivity contribution in [2.75, 3.05) is 45.8 Å². The van der Waals surface area contributed by atoms with Crippen LogP contribution in [0.4, 0.5) is 0 Å². The highest BCUT2D eigenvalue weighted by Gasteiger charge is 2.38. The minimum Gasteiger partial charge on any atom is -0.317 e. The van der Waals surface area contributed by atoms with Crippen LogP contribution in [-0.4, -0.2) is 50.7 Å². The van der Waals surface area contributed by atoms with Crippen LogP contribution < -0.4 is 10.6 Å². The summed E-state index contributed by atoms with van der Waals surface area (Å²) >= 11 is 0. The van der Waals surface area contributed by atoms with Gasteiger partial charge in [0, 0.05) is 13.1 Å². The predicted octanol–water partition coefficient (Wildman–Crippen LogP) is 1.85. The first-order chi connectivity index (χ1) is 10.9. The summed E-state index contributed by atoms with van der Waals surface area (Å²) in [6.07, 6.45) is 3.91. The van der Waals surface area contributed by atoms with Crippen molar-refractivity contribution in [2.24, 2.45) is 11.8 Å². The topological polar surface area (TPSA) is 27.3 Å². The highest BCUT2D eigenvalue weighted by atomic mass is 15.2. The second-order valence-corrected chi connectivity index (χ2v) is 7.58. The van der Waals surface area contributed by atoms with Crippen molar-refractivity contribution in [2.45, 2.75) is 24.7 Å². The highest BCUT2D eigenvalue weighted by molar-refractivity contribution is 5.26. The molecule has 3 aliphatic heterocycles. The summed E-state index contributed by atoms with van der Waals surface area (Å²) in [5, 5.41) is 7.10. The van der Waals surface area contributed by atoms with Crippen LogP contribution >= 0.6 is 0 Å². The zero-order chi connectivity index (χ0) is 14.8. The van der Waals surface area contributed by atoms with E-state index in [1.165, 1.54) is 65.1 Å². The van der Waals surface area contributed by atoms with E-state index in [1.54, 1.807) is 5.56 Å². The molecule has 2 unspecified atom stereocenters. The average molecular weight is 299 g/mol. The van der Waals surface area contributed by atoms with Gasteiger partial charge in [-0.1, -0.05) is 30.3 Å². The number of likely N-dealkylation sites (tertiary alicyclic amines) is 1. The third kappa shape index (κ3) is 2.82. The zero-order valence-electron chi connectivity index (χ0n) is 13.6. The van der Waals surface area contributed by atoms with Crippen molar-refractivity contribution in [3.8, 4) is 0 Å². The van der Waals surface area contributed by atoms with Crippen molar-refractivity contribution in [3.63, 3.8) is 0 Å². The van der Waals surface area contributed by atoms with Crippen LogP contribution in [0.15, 0.2) is 30.3 Å². The summed E-state index contributed by atoms with van der Waals surface area (Å²) in [7, 11) is 0. The number of fused-ring (bicyclic) bond motifs is 1. The Balaban J connectivity index is 1.43. The Morgan fingerprint density at radius 3 is 2.32 bits per heavy atom. The van der Waals surface area contributed by atoms with E-state index in [-0.39, 0.29) is 0 Å². The fourth-order valence-corrected chi connectivity index (χ4v) is 4.89. The molecular weight excluding hydrogens is 270 g/mol. The molecule has 1 aromatic carbocycles. The van der Waals surface area contributed by atoms with Gasteiger partial charge in [-0.3, -0.25) is 0 Å². The Morgan fingerprint density at radius 2 is 1.64 bits per heavy atom. The summed E-state index contributed by atoms with van der Waals surface area (Å²) < 4.78 is 0. The van der Waals surface area contributed by atoms with Gasteiger partial charge in [0.15, 0.2) is 0 Å². The van der Waals surface area contributed by atoms with E-state index < -0.39 is 0 Å². The second-order valence-electron chi connectivity index (χ2n) is 7.58. The highest BCUT2D eigenvalue weighted by Crippen LogP contribution is 2.38. The van der Waals surface area contributed by atoms with Gasteiger partial charge in [0.05, 0.1) is 0 Å². The van der Waals surface area contributed by atoms with Crippen molar-refractivity contribution in [3.05, 3.63) is 35.9 Å². The van der Waals surface area contributed by atoms with E-state index in [4.69, 9.17) is 0 Å². The van der Waals surface area contributed by atoms with Gasteiger partial charge in [-0.2, -0.15) is 0 Å². The molecular formula is C19H29N3. The summed E-state index contributed by atoms with van der Waals surface area (Å²) in [5.74, 6) is 1.83. The molecule has 120 valence electrons. The Labute approximate surface area is 134 Å². The Bertz CT molecular complexity index is 469. The molecule has 2 N–H and O–H groups in total. The maximum atomic E-state index is 3.55. The number of nitrogens with one attached hydrogen (secondary N) is 2. The standard InChI is InChI=1S/C19H29N3/c1-2-4-18(5-3-1)19(6-9-20-10-7-19)8-11-22-14-16-12-21-13-17(16)15-22/h1-5,16-17,20-21H,6-15H2. The van der Waals surface area contributed by atoms with Gasteiger partial charge >= 0.3 is 0 Å². The maximum absolute atomic E-state index is 3.55. The molecule has 2 atom stereocenters. The summed E-state index contributed by atoms with van der Waals surface area (Å²) in [4.78, 5) is 2.74. The molecule has 3 fully saturated rings. The molecule has 0 bridgehead atoms. The predicted molar refractivity (Wildman–Crippen MR) is 91.1 cm³/mol. The van der Waals surface area contributed by atoms with Crippen LogP contribution in [0.3, 0.4) is 0 Å². The molecule has 1 aromatic rings. The van der Waals surface area contributed by atoms with Crippen LogP contribution in [0, 0.1) is 11.8 Å². The van der Waals surface area contributed by atoms with Gasteiger partial charge < -0.3 is 15.5 Å². The lowest BCUT2D eigenvalue weighted by atomic mass is 9.71. The van der Waals surface area contributed by atoms with Crippen molar-refractivity contribution in [1.82, 2.24) is 15.5 Å². The van der Waals surface area contributed by atoms with Crippen molar-refractivity contribution >= 4 is 0 Å². The van der Waals surface area contributed by atoms with E-state index in [0.717, 1.165) is 11.8 Å². The third-order valence-corrected chi connectivity index (χ3v) is 6.32. The largest absolute Gasteiger partial charge is 0.317 e. The zero-order valence-corrected chi connectivity index (χ0v) is 13.6. The molecule has 22 heavy (non-hydrogen) atoms. The number of nitrogens with zero attached hydrogens (tertiary/aromatic N) is 1. The fraction of sp³-hybridized carbons (Fsp3) is 0.684. The molecule has 0 amide bonds. The monoisotopic (exact) mass is 299 g/mol. The molecule has 0 aromatic heterocycles. The number of rotatable bonds is 4. The molecule has 0 spiro atoms. The minimum atomic E-state index is 0.405. The SMILES string of the molecule is c1ccc(C2(CCN3CC4CNCC4C3)CCNCC2)cc1. The van der Waals surface area contributed by atoms with Crippen molar-refractivity contribution in [1.29, 1.82) is 0 Å². The first-order valence-corrected chi connectivity index (χ1v) is 9.05. The molecule has 4 rings (SSSR count). The lowest BCUT2D eigenvalue weighted by molar-refractivity contribution is 0.227. The van der Waals surface area contributed by atoms with Gasteiger partial charge in [0.1, 0.15) is 0 Å². The molecule has 3 nitrogen and oxygen atoms in total. The van der Waals surface area contributed by atoms with E-state index >= 15 is 0 Å². The van der Waals surface area contributed by atoms with E-state index in [0.29, 0.717) is 5.41 Å². The Kier molecular flexibility index (Phi) is 4.21. The summed E-state index contributed by atoms with van der Waals surface area (Å²) in [6, 6.07) is 11.3. The molecule has 3 saturated heterocycles. The van der Waals surface area contributed by atoms with Crippen LogP contribution in [-0.2, 0) is 5.41 Å². The molecule has 0 saturated carbocycles. The van der Waals surface area contributed by atoms with E-state index in [9.17, 15) is 0 Å². The van der Waals surface area contributed by atoms with Gasteiger partial charge in [0.25, 0.3) is 0 Å². The van der Waals surface area contributed by atoms with Crippen LogP contribution in [0.1, 0.15) is 24.8 Å². The Hall–Kier alpha value is -0.900. The number of hydrogen-bond acceptors (Lipinski definition) is 3. The fourth-order valence-electron chi connectivity index (χ4n) is 4.89. The van der Waals surface area contributed by atoms with Gasteiger partial charge in [-0.15, -0.1) is 0 Å². The molecule has 3 aliphatic rings. The molecule has 3 heterocycles. The first-order valence-electron chi connectivity index (χ1n) is 9.05. The smallest absolute Gasteiger partial charge is 0.00255 e. The molecule has 3 heteroatoms. The number of hydrogen-bond donors (Lipinski definition) is 2. The van der Waals surface area contributed by atoms with E-state index in [1.807, 2.05) is 0 Å². The normalized spacial score (nSPS) is 31.3. The van der Waals surface area contributed by atoms with Crippen LogP contribution in [0.5, 0.6) is 0 Å². The average Bonchev–Trinajstić information content (AvgIpc) is 3.16. The second kappa shape index (κ2) is 6.31. The van der Waals surface area contributed by atoms with Crippen molar-refractivity contribution < 1.29 is 0 Å². The van der Waals surface area contributed by atoms with Crippen LogP contribution in [0.25, 0.3) is 0 Å². The molecule has 0 radical (unpaired) electrons. The van der Waals surface area contributed by atoms with Gasteiger partial charge in [-0.05, 0) is 74.8 Å². The van der Waals surface area contributed by atoms with E-state index in [2.05, 4.69) is 45.9 Å². The molecule has 0 aliphatic carbocycles. The van der Waals surface area contributed by atoms with Gasteiger partial charge in [0.2, 0.25) is 0 Å². The summed E-state index contributed by atoms with van der Waals surface area (Å²) in [6.45, 7) is 8.75. The van der Waals surface area contributed by atoms with Gasteiger partial charge in [-0.25, -0.2) is 0 Å². The number of benzene rings is 1. The van der Waals surface area contributed by atoms with Crippen LogP contribution in [0.2, 0.25) is 0 Å². The lowest BCUT2D eigenvalue weighted by Crippen LogP contribution is -2.42. The number of piperidine rings is 1. The lowest BCUT2D eigenvalue weighted by Gasteiger charge is -2.39.